The Bertz CT molecular complexity index is 3850. The molecule has 12 aromatic rings. The summed E-state index contributed by atoms with van der Waals surface area (Å²) in [4.78, 5) is 2.30. The normalized spacial score (nSPS) is 12.4. The lowest BCUT2D eigenvalue weighted by molar-refractivity contribution is 1.18. The molecule has 2 nitrogen and oxygen atoms in total. The number of benzene rings is 11. The van der Waals surface area contributed by atoms with E-state index in [0.717, 1.165) is 88.8 Å². The zero-order chi connectivity index (χ0) is 48.2. The fraction of sp³-hybridized carbons (Fsp3) is 0. The molecule has 66 heavy (non-hydrogen) atoms. The number of aromatic nitrogens is 1. The van der Waals surface area contributed by atoms with Crippen LogP contribution in [0.2, 0.25) is 0 Å². The number of hydrogen-bond acceptors (Lipinski definition) is 1. The molecule has 11 aromatic carbocycles. The van der Waals surface area contributed by atoms with Crippen molar-refractivity contribution < 1.29 is 6.85 Å². The molecule has 1 aromatic heterocycles. The first kappa shape index (κ1) is 33.8. The third-order valence-corrected chi connectivity index (χ3v) is 12.7. The SMILES string of the molecule is [2H]c1c([2H])c([2H])c(-n2c3ccccc3c3c(-c4cc(-c5ccc(N(c6ccc(-c7ccccc7)cc6)c6ccc(-c7ccccc7)cc6)cc5)cc(-c5ccc6ccccc6c5)c4)cccc32)c([2H])c1[2H]. The number of hydrogen-bond donors (Lipinski definition) is 0. The maximum atomic E-state index is 9.01. The van der Waals surface area contributed by atoms with Gasteiger partial charge in [-0.25, -0.2) is 0 Å². The van der Waals surface area contributed by atoms with Crippen molar-refractivity contribution in [3.8, 4) is 61.3 Å². The molecular weight excluding hydrogens is 797 g/mol. The van der Waals surface area contributed by atoms with Crippen molar-refractivity contribution in [3.63, 3.8) is 0 Å². The number of anilines is 3. The summed E-state index contributed by atoms with van der Waals surface area (Å²) in [5.74, 6) is 0. The average molecular weight is 846 g/mol. The molecule has 0 fully saturated rings. The van der Waals surface area contributed by atoms with Crippen molar-refractivity contribution in [3.05, 3.63) is 267 Å². The Hall–Kier alpha value is -8.72. The van der Waals surface area contributed by atoms with E-state index in [4.69, 9.17) is 6.85 Å². The van der Waals surface area contributed by atoms with Crippen LogP contribution in [0.15, 0.2) is 267 Å². The highest BCUT2D eigenvalue weighted by Gasteiger charge is 2.19. The van der Waals surface area contributed by atoms with Crippen molar-refractivity contribution in [1.29, 1.82) is 0 Å². The Kier molecular flexibility index (Phi) is 8.58. The van der Waals surface area contributed by atoms with Crippen molar-refractivity contribution in [2.75, 3.05) is 4.90 Å². The fourth-order valence-corrected chi connectivity index (χ4v) is 9.46. The molecule has 0 aliphatic rings. The monoisotopic (exact) mass is 845 g/mol. The molecule has 0 spiro atoms. The molecule has 12 rings (SSSR count). The van der Waals surface area contributed by atoms with Gasteiger partial charge in [0, 0.05) is 33.5 Å². The summed E-state index contributed by atoms with van der Waals surface area (Å²) >= 11 is 0. The first-order valence-corrected chi connectivity index (χ1v) is 22.2. The van der Waals surface area contributed by atoms with E-state index in [9.17, 15) is 0 Å². The van der Waals surface area contributed by atoms with Crippen LogP contribution in [0.5, 0.6) is 0 Å². The van der Waals surface area contributed by atoms with Crippen LogP contribution in [0.25, 0.3) is 93.9 Å². The highest BCUT2D eigenvalue weighted by Crippen LogP contribution is 2.43. The van der Waals surface area contributed by atoms with E-state index in [1.54, 1.807) is 0 Å². The van der Waals surface area contributed by atoms with E-state index in [2.05, 4.69) is 199 Å². The largest absolute Gasteiger partial charge is 0.311 e. The summed E-state index contributed by atoms with van der Waals surface area (Å²) in [5.41, 5.74) is 15.6. The van der Waals surface area contributed by atoms with Gasteiger partial charge in [0.05, 0.1) is 17.9 Å². The lowest BCUT2D eigenvalue weighted by Crippen LogP contribution is -2.09. The zero-order valence-corrected chi connectivity index (χ0v) is 35.9. The second kappa shape index (κ2) is 16.8. The summed E-state index contributed by atoms with van der Waals surface area (Å²) in [6, 6.07) is 81.3. The van der Waals surface area contributed by atoms with Crippen LogP contribution in [0, 0.1) is 0 Å². The van der Waals surface area contributed by atoms with Gasteiger partial charge in [-0.05, 0) is 151 Å². The molecule has 310 valence electrons. The van der Waals surface area contributed by atoms with Crippen LogP contribution in [0.1, 0.15) is 6.85 Å². The minimum absolute atomic E-state index is 0.123. The molecule has 0 aliphatic carbocycles. The molecule has 0 unspecified atom stereocenters. The molecule has 0 saturated heterocycles. The number of nitrogens with zero attached hydrogens (tertiary/aromatic N) is 2. The maximum Gasteiger partial charge on any atom is 0.0645 e. The Balaban J connectivity index is 1.01. The third-order valence-electron chi connectivity index (χ3n) is 12.7. The van der Waals surface area contributed by atoms with Crippen LogP contribution < -0.4 is 4.90 Å². The molecule has 2 heteroatoms. The van der Waals surface area contributed by atoms with Gasteiger partial charge in [-0.3, -0.25) is 0 Å². The Morgan fingerprint density at radius 2 is 0.788 bits per heavy atom. The minimum Gasteiger partial charge on any atom is -0.311 e. The second-order valence-corrected chi connectivity index (χ2v) is 16.6. The smallest absolute Gasteiger partial charge is 0.0645 e. The standard InChI is InChI=1S/C64H44N2/c1-4-15-45(16-5-1)48-29-35-57(36-30-48)65(58-37-31-49(32-38-58)46-17-6-2-7-18-46)59-39-33-50(34-40-59)53-42-54(52-28-27-47-19-10-11-20-51(47)41-52)44-55(43-53)60-24-14-26-63-64(60)61-23-12-13-25-62(61)66(63)56-21-8-3-9-22-56/h1-44H/i3D,8D,9D,21D,22D. The summed E-state index contributed by atoms with van der Waals surface area (Å²) < 4.78 is 45.3. The first-order valence-electron chi connectivity index (χ1n) is 24.7. The quantitative estimate of drug-likeness (QED) is 0.141. The molecule has 0 aliphatic heterocycles. The van der Waals surface area contributed by atoms with E-state index in [1.165, 1.54) is 16.5 Å². The van der Waals surface area contributed by atoms with Gasteiger partial charge in [-0.15, -0.1) is 0 Å². The van der Waals surface area contributed by atoms with Gasteiger partial charge in [0.2, 0.25) is 0 Å². The van der Waals surface area contributed by atoms with E-state index >= 15 is 0 Å². The topological polar surface area (TPSA) is 8.17 Å². The van der Waals surface area contributed by atoms with Gasteiger partial charge >= 0.3 is 0 Å². The van der Waals surface area contributed by atoms with Crippen LogP contribution in [0.4, 0.5) is 17.1 Å². The molecule has 0 radical (unpaired) electrons. The average Bonchev–Trinajstić information content (AvgIpc) is 3.77. The Morgan fingerprint density at radius 1 is 0.318 bits per heavy atom. The van der Waals surface area contributed by atoms with Crippen molar-refractivity contribution in [1.82, 2.24) is 4.57 Å². The van der Waals surface area contributed by atoms with Crippen molar-refractivity contribution in [2.45, 2.75) is 0 Å². The first-order chi connectivity index (χ1) is 34.8. The van der Waals surface area contributed by atoms with Gasteiger partial charge in [-0.2, -0.15) is 0 Å². The summed E-state index contributed by atoms with van der Waals surface area (Å²) in [5, 5.41) is 4.17. The van der Waals surface area contributed by atoms with Crippen LogP contribution >= 0.6 is 0 Å². The third kappa shape index (κ3) is 7.21. The molecule has 0 bridgehead atoms. The molecule has 0 N–H and O–H groups in total. The van der Waals surface area contributed by atoms with Crippen LogP contribution in [0.3, 0.4) is 0 Å². The summed E-state index contributed by atoms with van der Waals surface area (Å²) in [7, 11) is 0. The predicted molar refractivity (Wildman–Crippen MR) is 280 cm³/mol. The van der Waals surface area contributed by atoms with Crippen molar-refractivity contribution in [2.24, 2.45) is 0 Å². The van der Waals surface area contributed by atoms with Gasteiger partial charge in [0.1, 0.15) is 0 Å². The van der Waals surface area contributed by atoms with Crippen LogP contribution in [-0.4, -0.2) is 4.57 Å². The minimum atomic E-state index is -0.418. The highest BCUT2D eigenvalue weighted by atomic mass is 15.1. The van der Waals surface area contributed by atoms with Gasteiger partial charge in [0.25, 0.3) is 0 Å². The predicted octanol–water partition coefficient (Wildman–Crippen LogP) is 17.7. The number of para-hydroxylation sites is 2. The number of rotatable bonds is 9. The molecule has 0 atom stereocenters. The maximum absolute atomic E-state index is 9.01. The molecule has 1 heterocycles. The second-order valence-electron chi connectivity index (χ2n) is 16.6. The lowest BCUT2D eigenvalue weighted by atomic mass is 9.91. The van der Waals surface area contributed by atoms with Gasteiger partial charge in [-0.1, -0.05) is 182 Å². The molecule has 0 amide bonds. The Morgan fingerprint density at radius 3 is 1.41 bits per heavy atom. The van der Waals surface area contributed by atoms with E-state index in [-0.39, 0.29) is 29.9 Å². The van der Waals surface area contributed by atoms with Gasteiger partial charge in [0.15, 0.2) is 0 Å². The van der Waals surface area contributed by atoms with E-state index in [0.29, 0.717) is 0 Å². The molecular formula is C64H44N2. The van der Waals surface area contributed by atoms with E-state index < -0.39 is 6.04 Å². The zero-order valence-electron chi connectivity index (χ0n) is 40.9. The van der Waals surface area contributed by atoms with Crippen LogP contribution in [-0.2, 0) is 0 Å². The summed E-state index contributed by atoms with van der Waals surface area (Å²) in [6.45, 7) is 0. The number of fused-ring (bicyclic) bond motifs is 4. The Labute approximate surface area is 392 Å². The fourth-order valence-electron chi connectivity index (χ4n) is 9.46. The molecule has 0 saturated carbocycles. The van der Waals surface area contributed by atoms with Gasteiger partial charge < -0.3 is 9.47 Å². The van der Waals surface area contributed by atoms with Crippen molar-refractivity contribution >= 4 is 49.6 Å². The summed E-state index contributed by atoms with van der Waals surface area (Å²) in [6.07, 6.45) is 0. The lowest BCUT2D eigenvalue weighted by Gasteiger charge is -2.26. The highest BCUT2D eigenvalue weighted by molar-refractivity contribution is 6.16. The van der Waals surface area contributed by atoms with E-state index in [1.807, 2.05) is 47.0 Å².